The molecule has 0 aromatic heterocycles. The molecule has 0 atom stereocenters. The summed E-state index contributed by atoms with van der Waals surface area (Å²) in [6, 6.07) is 0. The van der Waals surface area contributed by atoms with Crippen LogP contribution in [0.2, 0.25) is 5.32 Å². The number of rotatable bonds is 1. The molecule has 0 aromatic rings. The smallest absolute Gasteiger partial charge is 0.147 e. The second kappa shape index (κ2) is 8.84. The molecule has 0 rings (SSSR count). The Labute approximate surface area is 47.6 Å². The minimum absolute atomic E-state index is 0. The van der Waals surface area contributed by atoms with E-state index in [9.17, 15) is 0 Å². The van der Waals surface area contributed by atoms with Crippen LogP contribution < -0.4 is 0 Å². The predicted octanol–water partition coefficient (Wildman–Crippen LogP) is 1.78. The van der Waals surface area contributed by atoms with E-state index < -0.39 is 0 Å². The van der Waals surface area contributed by atoms with Crippen LogP contribution >= 0.6 is 12.4 Å². The van der Waals surface area contributed by atoms with Gasteiger partial charge in [0.1, 0.15) is 0 Å². The molecule has 0 aliphatic heterocycles. The third-order valence-corrected chi connectivity index (χ3v) is 0.779. The van der Waals surface area contributed by atoms with Crippen molar-refractivity contribution in [1.29, 1.82) is 0 Å². The maximum Gasteiger partial charge on any atom is -0.147 e. The summed E-state index contributed by atoms with van der Waals surface area (Å²) in [4.78, 5) is 0. The normalized spacial score (nSPS) is 6.00. The number of halogens is 1. The van der Waals surface area contributed by atoms with Crippen molar-refractivity contribution in [1.82, 2.24) is 0 Å². The third-order valence-electron chi connectivity index (χ3n) is 0.189. The van der Waals surface area contributed by atoms with Gasteiger partial charge in [0.25, 0.3) is 0 Å². The molecule has 0 spiro atoms. The Morgan fingerprint density at radius 1 is 1.60 bits per heavy atom. The summed E-state index contributed by atoms with van der Waals surface area (Å²) >= 11 is 3.25. The number of hydrogen-bond donors (Lipinski definition) is 0. The molecule has 5 heavy (non-hydrogen) atoms. The third kappa shape index (κ3) is 11.6. The van der Waals surface area contributed by atoms with E-state index in [1.165, 1.54) is 6.42 Å². The summed E-state index contributed by atoms with van der Waals surface area (Å²) in [7, 11) is 0. The zero-order valence-electron chi connectivity index (χ0n) is 3.20. The van der Waals surface area contributed by atoms with Crippen molar-refractivity contribution in [2.24, 2.45) is 0 Å². The molecule has 2 heteroatoms. The molecule has 0 fully saturated rings. The van der Waals surface area contributed by atoms with Gasteiger partial charge in [0.05, 0.1) is 0 Å². The molecule has 0 aliphatic carbocycles. The Morgan fingerprint density at radius 2 is 1.80 bits per heavy atom. The van der Waals surface area contributed by atoms with Crippen molar-refractivity contribution < 1.29 is 16.0 Å². The SMILES string of the molecule is CC[CH2][Mn].Cl. The fraction of sp³-hybridized carbons (Fsp3) is 1.00. The van der Waals surface area contributed by atoms with Crippen LogP contribution in [0.5, 0.6) is 0 Å². The summed E-state index contributed by atoms with van der Waals surface area (Å²) in [5.74, 6) is 0. The maximum absolute atomic E-state index is 3.25. The van der Waals surface area contributed by atoms with Gasteiger partial charge in [0.2, 0.25) is 0 Å². The average Bonchev–Trinajstić information content (AvgIpc) is 1.37. The van der Waals surface area contributed by atoms with Crippen LogP contribution in [0.15, 0.2) is 0 Å². The standard InChI is InChI=1S/C3H7.ClH.Mn/c1-3-2;;/h1,3H2,2H3;1H;. The van der Waals surface area contributed by atoms with E-state index in [0.29, 0.717) is 0 Å². The predicted molar refractivity (Wildman–Crippen MR) is 22.3 cm³/mol. The molecule has 0 radical (unpaired) electrons. The minimum Gasteiger partial charge on any atom is -0.147 e. The molecular weight excluding hydrogens is 126 g/mol. The van der Waals surface area contributed by atoms with Crippen LogP contribution in [-0.2, 0) is 16.0 Å². The molecule has 0 heterocycles. The van der Waals surface area contributed by atoms with Gasteiger partial charge < -0.3 is 0 Å². The maximum atomic E-state index is 3.25. The molecule has 0 nitrogen and oxygen atoms in total. The first kappa shape index (κ1) is 9.26. The fourth-order valence-electron chi connectivity index (χ4n) is 0. The molecular formula is C3H8ClMn. The topological polar surface area (TPSA) is 0 Å². The quantitative estimate of drug-likeness (QED) is 0.480. The summed E-state index contributed by atoms with van der Waals surface area (Å²) in [6.07, 6.45) is 1.24. The van der Waals surface area contributed by atoms with Crippen molar-refractivity contribution in [3.63, 3.8) is 0 Å². The van der Waals surface area contributed by atoms with Gasteiger partial charge in [-0.2, -0.15) is 0 Å². The first-order chi connectivity index (χ1) is 1.91. The van der Waals surface area contributed by atoms with Crippen molar-refractivity contribution >= 4 is 12.4 Å². The molecule has 34 valence electrons. The molecule has 0 unspecified atom stereocenters. The molecule has 0 bridgehead atoms. The van der Waals surface area contributed by atoms with Gasteiger partial charge in [-0.3, -0.25) is 0 Å². The Kier molecular flexibility index (Phi) is 16.4. The summed E-state index contributed by atoms with van der Waals surface area (Å²) in [6.45, 7) is 2.13. The van der Waals surface area contributed by atoms with Gasteiger partial charge in [0.15, 0.2) is 0 Å². The molecule has 0 aromatic carbocycles. The minimum atomic E-state index is 0. The number of hydrogen-bond acceptors (Lipinski definition) is 0. The van der Waals surface area contributed by atoms with Crippen LogP contribution in [0.1, 0.15) is 13.3 Å². The van der Waals surface area contributed by atoms with E-state index in [1.807, 2.05) is 0 Å². The van der Waals surface area contributed by atoms with Gasteiger partial charge in [-0.25, -0.2) is 0 Å². The van der Waals surface area contributed by atoms with Crippen LogP contribution in [-0.4, -0.2) is 0 Å². The summed E-state index contributed by atoms with van der Waals surface area (Å²) in [5, 5.41) is 1.13. The molecule has 0 saturated carbocycles. The van der Waals surface area contributed by atoms with Crippen LogP contribution in [0, 0.1) is 0 Å². The van der Waals surface area contributed by atoms with E-state index >= 15 is 0 Å². The van der Waals surface area contributed by atoms with E-state index in [0.717, 1.165) is 5.32 Å². The van der Waals surface area contributed by atoms with Crippen molar-refractivity contribution in [3.05, 3.63) is 0 Å². The van der Waals surface area contributed by atoms with Gasteiger partial charge >= 0.3 is 34.7 Å². The van der Waals surface area contributed by atoms with E-state index in [4.69, 9.17) is 0 Å². The Bertz CT molecular complexity index is 8.85. The second-order valence-electron chi connectivity index (χ2n) is 0.689. The Morgan fingerprint density at radius 3 is 1.80 bits per heavy atom. The summed E-state index contributed by atoms with van der Waals surface area (Å²) < 4.78 is 0. The van der Waals surface area contributed by atoms with E-state index in [-0.39, 0.29) is 12.4 Å². The van der Waals surface area contributed by atoms with Crippen LogP contribution in [0.3, 0.4) is 0 Å². The first-order valence-corrected chi connectivity index (χ1v) is 2.31. The van der Waals surface area contributed by atoms with E-state index in [2.05, 4.69) is 22.9 Å². The van der Waals surface area contributed by atoms with Gasteiger partial charge in [-0.1, -0.05) is 0 Å². The van der Waals surface area contributed by atoms with Crippen molar-refractivity contribution in [3.8, 4) is 0 Å². The largest absolute Gasteiger partial charge is 0.147 e. The van der Waals surface area contributed by atoms with E-state index in [1.54, 1.807) is 0 Å². The fourth-order valence-corrected chi connectivity index (χ4v) is 0. The Balaban J connectivity index is 0. The average molecular weight is 134 g/mol. The van der Waals surface area contributed by atoms with Crippen LogP contribution in [0.25, 0.3) is 0 Å². The van der Waals surface area contributed by atoms with Gasteiger partial charge in [-0.15, -0.1) is 12.4 Å². The van der Waals surface area contributed by atoms with Crippen molar-refractivity contribution in [2.45, 2.75) is 18.7 Å². The molecule has 0 saturated heterocycles. The zero-order valence-corrected chi connectivity index (χ0v) is 5.20. The van der Waals surface area contributed by atoms with Gasteiger partial charge in [-0.05, 0) is 0 Å². The van der Waals surface area contributed by atoms with Gasteiger partial charge in [0, 0.05) is 0 Å². The first-order valence-electron chi connectivity index (χ1n) is 1.47. The molecule has 0 amide bonds. The molecule has 0 N–H and O–H groups in total. The monoisotopic (exact) mass is 134 g/mol. The second-order valence-corrected chi connectivity index (χ2v) is 1.28. The summed E-state index contributed by atoms with van der Waals surface area (Å²) in [5.41, 5.74) is 0. The van der Waals surface area contributed by atoms with Crippen molar-refractivity contribution in [2.75, 3.05) is 0 Å². The molecule has 0 aliphatic rings. The Hall–Kier alpha value is 0.809. The van der Waals surface area contributed by atoms with Crippen LogP contribution in [0.4, 0.5) is 0 Å². The zero-order chi connectivity index (χ0) is 3.41.